The van der Waals surface area contributed by atoms with Gasteiger partial charge in [-0.15, -0.1) is 31.4 Å². The van der Waals surface area contributed by atoms with Gasteiger partial charge in [0.05, 0.1) is 0 Å². The highest BCUT2D eigenvalue weighted by Gasteiger charge is 2.26. The summed E-state index contributed by atoms with van der Waals surface area (Å²) in [6, 6.07) is 13.3. The van der Waals surface area contributed by atoms with Crippen LogP contribution in [0.15, 0.2) is 61.2 Å². The van der Waals surface area contributed by atoms with Crippen molar-refractivity contribution >= 4 is 46.6 Å². The molecule has 0 saturated heterocycles. The van der Waals surface area contributed by atoms with E-state index in [0.29, 0.717) is 24.2 Å². The number of hydrogen-bond acceptors (Lipinski definition) is 6. The number of carbonyl (C=O) groups is 1. The third-order valence-corrected chi connectivity index (χ3v) is 5.61. The number of carbonyl (C=O) groups excluding carboxylic acids is 1. The van der Waals surface area contributed by atoms with Gasteiger partial charge in [0.2, 0.25) is 10.0 Å². The van der Waals surface area contributed by atoms with Crippen LogP contribution in [0.3, 0.4) is 0 Å². The second kappa shape index (κ2) is 17.3. The highest BCUT2D eigenvalue weighted by Crippen LogP contribution is 2.23. The molecule has 0 radical (unpaired) electrons. The predicted octanol–water partition coefficient (Wildman–Crippen LogP) is 4.10. The number of urea groups is 1. The highest BCUT2D eigenvalue weighted by atomic mass is 35.5. The average molecular weight is 511 g/mol. The van der Waals surface area contributed by atoms with Crippen LogP contribution in [0.4, 0.5) is 10.5 Å². The number of nitrogens with one attached hydrogen (secondary N) is 2. The predicted molar refractivity (Wildman–Crippen MR) is 140 cm³/mol. The molecule has 184 valence electrons. The summed E-state index contributed by atoms with van der Waals surface area (Å²) in [5.41, 5.74) is 14.2. The van der Waals surface area contributed by atoms with Crippen molar-refractivity contribution < 1.29 is 13.2 Å². The van der Waals surface area contributed by atoms with Crippen molar-refractivity contribution in [3.8, 4) is 0 Å². The van der Waals surface area contributed by atoms with Gasteiger partial charge in [-0.05, 0) is 35.2 Å². The van der Waals surface area contributed by atoms with Gasteiger partial charge in [-0.3, -0.25) is 0 Å². The smallest absolute Gasteiger partial charge is 0.328 e. The molecule has 0 saturated carbocycles. The lowest BCUT2D eigenvalue weighted by Gasteiger charge is -2.16. The minimum absolute atomic E-state index is 0. The number of anilines is 1. The van der Waals surface area contributed by atoms with E-state index in [1.54, 1.807) is 36.4 Å². The number of nitrogens with two attached hydrogens (primary N) is 2. The average Bonchev–Trinajstić information content (AvgIpc) is 2.64. The van der Waals surface area contributed by atoms with Gasteiger partial charge in [0, 0.05) is 18.8 Å². The van der Waals surface area contributed by atoms with E-state index in [1.165, 1.54) is 6.08 Å². The quantitative estimate of drug-likeness (QED) is 0.265. The van der Waals surface area contributed by atoms with Gasteiger partial charge in [0.15, 0.2) is 0 Å². The zero-order chi connectivity index (χ0) is 19.9. The monoisotopic (exact) mass is 509 g/mol. The summed E-state index contributed by atoms with van der Waals surface area (Å²) >= 11 is 0. The Balaban J connectivity index is -0.000000784. The molecule has 0 fully saturated rings. The molecule has 2 aromatic rings. The maximum absolute atomic E-state index is 12.5. The lowest BCUT2D eigenvalue weighted by atomic mass is 10.1. The van der Waals surface area contributed by atoms with Crippen molar-refractivity contribution in [3.05, 3.63) is 77.9 Å². The lowest BCUT2D eigenvalue weighted by Crippen LogP contribution is -2.41. The molecule has 2 aromatic carbocycles. The Morgan fingerprint density at radius 2 is 1.50 bits per heavy atom. The minimum atomic E-state index is -3.97. The highest BCUT2D eigenvalue weighted by molar-refractivity contribution is 7.90. The van der Waals surface area contributed by atoms with Crippen molar-refractivity contribution in [2.75, 3.05) is 12.3 Å². The number of nitrogen functional groups attached to an aromatic ring is 1. The number of benzene rings is 2. The van der Waals surface area contributed by atoms with E-state index >= 15 is 0 Å². The largest absolute Gasteiger partial charge is 0.399 e. The Morgan fingerprint density at radius 3 is 1.97 bits per heavy atom. The number of rotatable bonds is 8. The van der Waals surface area contributed by atoms with Crippen molar-refractivity contribution in [2.45, 2.75) is 33.1 Å². The standard InChI is InChI=1S/C19H24N4O3S.2CH4.2ClH.H3N/c1-2-18(16-7-3-15(13-20)4-8-16)27(25,26)23-19(24)22-12-11-14-5-9-17(21)10-6-14;;;;;/h2-10,18H,1,11-13,20-21H2,(H2,22,23,24);2*1H4;2*1H;1H3. The SMILES string of the molecule is C.C.C=CC(c1ccc(CN)cc1)S(=O)(=O)NC(=O)NCCc1ccc(N)cc1.Cl.Cl.N. The maximum Gasteiger partial charge on any atom is 0.328 e. The Morgan fingerprint density at radius 1 is 1.00 bits per heavy atom. The van der Waals surface area contributed by atoms with Gasteiger partial charge < -0.3 is 22.9 Å². The van der Waals surface area contributed by atoms with Gasteiger partial charge in [-0.1, -0.05) is 57.3 Å². The van der Waals surface area contributed by atoms with Crippen molar-refractivity contribution in [1.82, 2.24) is 16.2 Å². The molecule has 0 aliphatic carbocycles. The number of sulfonamides is 1. The van der Waals surface area contributed by atoms with Crippen molar-refractivity contribution in [1.29, 1.82) is 0 Å². The molecule has 1 atom stereocenters. The van der Waals surface area contributed by atoms with E-state index in [9.17, 15) is 13.2 Å². The summed E-state index contributed by atoms with van der Waals surface area (Å²) in [6.07, 6.45) is 1.83. The fraction of sp³-hybridized carbons (Fsp3) is 0.286. The molecule has 0 aliphatic heterocycles. The summed E-state index contributed by atoms with van der Waals surface area (Å²) in [7, 11) is -3.97. The fourth-order valence-corrected chi connectivity index (χ4v) is 3.75. The lowest BCUT2D eigenvalue weighted by molar-refractivity contribution is 0.246. The normalized spacial score (nSPS) is 10.3. The Kier molecular flexibility index (Phi) is 20.0. The van der Waals surface area contributed by atoms with Gasteiger partial charge in [-0.2, -0.15) is 0 Å². The Labute approximate surface area is 204 Å². The summed E-state index contributed by atoms with van der Waals surface area (Å²) in [4.78, 5) is 12.0. The maximum atomic E-state index is 12.5. The van der Waals surface area contributed by atoms with E-state index in [0.717, 1.165) is 11.1 Å². The van der Waals surface area contributed by atoms with E-state index in [-0.39, 0.29) is 52.4 Å². The molecule has 0 heterocycles. The van der Waals surface area contributed by atoms with Crippen molar-refractivity contribution in [2.24, 2.45) is 5.73 Å². The number of hydrogen-bond donors (Lipinski definition) is 5. The van der Waals surface area contributed by atoms with Crippen LogP contribution >= 0.6 is 24.8 Å². The van der Waals surface area contributed by atoms with Crippen LogP contribution in [0, 0.1) is 0 Å². The van der Waals surface area contributed by atoms with E-state index in [4.69, 9.17) is 11.5 Å². The second-order valence-electron chi connectivity index (χ2n) is 6.00. The number of halogens is 2. The molecule has 1 unspecified atom stereocenters. The first kappa shape index (κ1) is 37.0. The van der Waals surface area contributed by atoms with E-state index in [1.807, 2.05) is 16.9 Å². The minimum Gasteiger partial charge on any atom is -0.399 e. The van der Waals surface area contributed by atoms with Crippen molar-refractivity contribution in [3.63, 3.8) is 0 Å². The second-order valence-corrected chi connectivity index (χ2v) is 7.80. The van der Waals surface area contributed by atoms with Gasteiger partial charge in [0.25, 0.3) is 0 Å². The first-order valence-electron chi connectivity index (χ1n) is 8.41. The molecular weight excluding hydrogens is 473 g/mol. The van der Waals surface area contributed by atoms with E-state index < -0.39 is 21.3 Å². The molecule has 0 bridgehead atoms. The van der Waals surface area contributed by atoms with Crippen LogP contribution in [0.2, 0.25) is 0 Å². The van der Waals surface area contributed by atoms with Crippen LogP contribution in [-0.2, 0) is 23.0 Å². The molecular formula is C21H37Cl2N5O3S. The van der Waals surface area contributed by atoms with Crippen LogP contribution < -0.4 is 27.7 Å². The molecule has 0 aliphatic rings. The van der Waals surface area contributed by atoms with Gasteiger partial charge >= 0.3 is 6.03 Å². The molecule has 32 heavy (non-hydrogen) atoms. The third-order valence-electron chi connectivity index (χ3n) is 4.01. The molecule has 8 nitrogen and oxygen atoms in total. The van der Waals surface area contributed by atoms with Gasteiger partial charge in [0.1, 0.15) is 5.25 Å². The molecule has 0 aromatic heterocycles. The van der Waals surface area contributed by atoms with Gasteiger partial charge in [-0.25, -0.2) is 17.9 Å². The fourth-order valence-electron chi connectivity index (χ4n) is 2.52. The van der Waals surface area contributed by atoms with E-state index in [2.05, 4.69) is 11.9 Å². The third kappa shape index (κ3) is 10.8. The van der Waals surface area contributed by atoms with Crippen LogP contribution in [0.25, 0.3) is 0 Å². The molecule has 11 heteroatoms. The Bertz CT molecular complexity index is 893. The molecule has 9 N–H and O–H groups in total. The molecule has 2 amide bonds. The van der Waals surface area contributed by atoms with Crippen LogP contribution in [0.1, 0.15) is 36.8 Å². The summed E-state index contributed by atoms with van der Waals surface area (Å²) in [5, 5.41) is 1.49. The summed E-state index contributed by atoms with van der Waals surface area (Å²) in [5.74, 6) is 0. The van der Waals surface area contributed by atoms with Crippen LogP contribution in [0.5, 0.6) is 0 Å². The zero-order valence-electron chi connectivity index (χ0n) is 16.4. The zero-order valence-corrected chi connectivity index (χ0v) is 18.9. The number of amides is 2. The molecule has 2 rings (SSSR count). The van der Waals surface area contributed by atoms with Crippen LogP contribution in [-0.4, -0.2) is 21.0 Å². The first-order valence-corrected chi connectivity index (χ1v) is 9.95. The Hall–Kier alpha value is -2.30. The topological polar surface area (TPSA) is 162 Å². The molecule has 0 spiro atoms. The summed E-state index contributed by atoms with van der Waals surface area (Å²) in [6.45, 7) is 4.23. The first-order chi connectivity index (χ1) is 12.9. The summed E-state index contributed by atoms with van der Waals surface area (Å²) < 4.78 is 27.1.